The van der Waals surface area contributed by atoms with Crippen molar-refractivity contribution >= 4 is 21.7 Å². The molecule has 0 aliphatic rings. The van der Waals surface area contributed by atoms with Gasteiger partial charge < -0.3 is 9.84 Å². The summed E-state index contributed by atoms with van der Waals surface area (Å²) in [5.41, 5.74) is 0.368. The number of carboxylic acid groups (broad SMARTS) is 1. The molecule has 0 unspecified atom stereocenters. The van der Waals surface area contributed by atoms with E-state index in [2.05, 4.69) is 0 Å². The maximum Gasteiger partial charge on any atom is 0.335 e. The molecule has 0 aliphatic carbocycles. The predicted octanol–water partition coefficient (Wildman–Crippen LogP) is 1.18. The van der Waals surface area contributed by atoms with Gasteiger partial charge in [-0.3, -0.25) is 4.31 Å². The highest BCUT2D eigenvalue weighted by Gasteiger charge is 2.20. The Morgan fingerprint density at radius 3 is 2.44 bits per heavy atom. The van der Waals surface area contributed by atoms with E-state index in [1.807, 2.05) is 0 Å². The zero-order valence-corrected chi connectivity index (χ0v) is 11.2. The van der Waals surface area contributed by atoms with Crippen LogP contribution in [0.3, 0.4) is 0 Å². The smallest absolute Gasteiger partial charge is 0.335 e. The molecule has 0 heterocycles. The highest BCUT2D eigenvalue weighted by molar-refractivity contribution is 7.92. The van der Waals surface area contributed by atoms with Crippen LogP contribution in [0.2, 0.25) is 0 Å². The fourth-order valence-corrected chi connectivity index (χ4v) is 2.58. The zero-order chi connectivity index (χ0) is 13.9. The van der Waals surface area contributed by atoms with Gasteiger partial charge in [-0.25, -0.2) is 13.2 Å². The predicted molar refractivity (Wildman–Crippen MR) is 67.8 cm³/mol. The minimum absolute atomic E-state index is 0.0418. The average Bonchev–Trinajstić information content (AvgIpc) is 2.28. The number of sulfonamides is 1. The first-order valence-corrected chi connectivity index (χ1v) is 7.05. The van der Waals surface area contributed by atoms with E-state index in [9.17, 15) is 13.2 Å². The third kappa shape index (κ3) is 2.92. The second-order valence-electron chi connectivity index (χ2n) is 3.62. The van der Waals surface area contributed by atoms with E-state index in [0.29, 0.717) is 5.69 Å². The third-order valence-electron chi connectivity index (χ3n) is 2.38. The second kappa shape index (κ2) is 5.26. The van der Waals surface area contributed by atoms with Gasteiger partial charge in [-0.1, -0.05) is 0 Å². The van der Waals surface area contributed by atoms with Crippen molar-refractivity contribution in [3.63, 3.8) is 0 Å². The normalized spacial score (nSPS) is 11.1. The molecule has 0 aliphatic heterocycles. The summed E-state index contributed by atoms with van der Waals surface area (Å²) in [5.74, 6) is -0.885. The quantitative estimate of drug-likeness (QED) is 0.870. The van der Waals surface area contributed by atoms with Crippen LogP contribution >= 0.6 is 0 Å². The number of carboxylic acids is 1. The maximum absolute atomic E-state index is 11.6. The van der Waals surface area contributed by atoms with Gasteiger partial charge >= 0.3 is 5.97 Å². The zero-order valence-electron chi connectivity index (χ0n) is 10.4. The molecule has 7 heteroatoms. The first kappa shape index (κ1) is 14.3. The summed E-state index contributed by atoms with van der Waals surface area (Å²) in [5, 5.41) is 8.86. The van der Waals surface area contributed by atoms with Gasteiger partial charge in [0.05, 0.1) is 24.6 Å². The lowest BCUT2D eigenvalue weighted by molar-refractivity contribution is 0.0696. The summed E-state index contributed by atoms with van der Waals surface area (Å²) in [6.45, 7) is 1.92. The first-order valence-electron chi connectivity index (χ1n) is 5.20. The Balaban J connectivity index is 3.36. The van der Waals surface area contributed by atoms with E-state index in [1.165, 1.54) is 25.3 Å². The van der Waals surface area contributed by atoms with Crippen molar-refractivity contribution < 1.29 is 23.1 Å². The van der Waals surface area contributed by atoms with Crippen molar-refractivity contribution in [2.24, 2.45) is 0 Å². The molecule has 0 radical (unpaired) electrons. The standard InChI is InChI=1S/C11H15NO5S/c1-4-12(18(3,15)16)9-6-5-8(11(13)14)7-10(9)17-2/h5-7H,4H2,1-3H3,(H,13,14). The van der Waals surface area contributed by atoms with Crippen LogP contribution in [0.25, 0.3) is 0 Å². The van der Waals surface area contributed by atoms with Crippen molar-refractivity contribution in [2.75, 3.05) is 24.2 Å². The van der Waals surface area contributed by atoms with Gasteiger partial charge in [0.25, 0.3) is 0 Å². The Hall–Kier alpha value is -1.76. The highest BCUT2D eigenvalue weighted by Crippen LogP contribution is 2.30. The molecule has 100 valence electrons. The Kier molecular flexibility index (Phi) is 4.18. The third-order valence-corrected chi connectivity index (χ3v) is 3.64. The van der Waals surface area contributed by atoms with Gasteiger partial charge in [-0.2, -0.15) is 0 Å². The van der Waals surface area contributed by atoms with Crippen molar-refractivity contribution in [2.45, 2.75) is 6.92 Å². The number of rotatable bonds is 5. The van der Waals surface area contributed by atoms with Gasteiger partial charge in [-0.05, 0) is 25.1 Å². The van der Waals surface area contributed by atoms with E-state index < -0.39 is 16.0 Å². The number of nitrogens with zero attached hydrogens (tertiary/aromatic N) is 1. The van der Waals surface area contributed by atoms with Crippen LogP contribution < -0.4 is 9.04 Å². The van der Waals surface area contributed by atoms with Crippen molar-refractivity contribution in [1.29, 1.82) is 0 Å². The molecule has 0 bridgehead atoms. The van der Waals surface area contributed by atoms with Crippen molar-refractivity contribution in [3.05, 3.63) is 23.8 Å². The summed E-state index contributed by atoms with van der Waals surface area (Å²) in [4.78, 5) is 10.8. The monoisotopic (exact) mass is 273 g/mol. The minimum Gasteiger partial charge on any atom is -0.495 e. The minimum atomic E-state index is -3.43. The molecule has 0 fully saturated rings. The number of methoxy groups -OCH3 is 1. The van der Waals surface area contributed by atoms with Crippen LogP contribution in [0.15, 0.2) is 18.2 Å². The molecular weight excluding hydrogens is 258 g/mol. The lowest BCUT2D eigenvalue weighted by Gasteiger charge is -2.22. The molecule has 1 aromatic rings. The number of ether oxygens (including phenoxy) is 1. The highest BCUT2D eigenvalue weighted by atomic mass is 32.2. The summed E-state index contributed by atoms with van der Waals surface area (Å²) in [6, 6.07) is 4.06. The summed E-state index contributed by atoms with van der Waals surface area (Å²) < 4.78 is 29.4. The summed E-state index contributed by atoms with van der Waals surface area (Å²) in [6.07, 6.45) is 1.08. The Morgan fingerprint density at radius 1 is 1.44 bits per heavy atom. The van der Waals surface area contributed by atoms with Crippen LogP contribution in [0.1, 0.15) is 17.3 Å². The number of carbonyl (C=O) groups is 1. The van der Waals surface area contributed by atoms with E-state index in [0.717, 1.165) is 10.6 Å². The molecule has 0 amide bonds. The Morgan fingerprint density at radius 2 is 2.06 bits per heavy atom. The Bertz CT molecular complexity index is 553. The van der Waals surface area contributed by atoms with Crippen molar-refractivity contribution in [1.82, 2.24) is 0 Å². The molecule has 18 heavy (non-hydrogen) atoms. The van der Waals surface area contributed by atoms with Crippen LogP contribution in [0.5, 0.6) is 5.75 Å². The fourth-order valence-electron chi connectivity index (χ4n) is 1.60. The maximum atomic E-state index is 11.6. The number of hydrogen-bond acceptors (Lipinski definition) is 4. The molecule has 1 aromatic carbocycles. The molecule has 6 nitrogen and oxygen atoms in total. The molecule has 0 aromatic heterocycles. The van der Waals surface area contributed by atoms with Crippen molar-refractivity contribution in [3.8, 4) is 5.75 Å². The van der Waals surface area contributed by atoms with Gasteiger partial charge in [0.1, 0.15) is 5.75 Å². The number of hydrogen-bond donors (Lipinski definition) is 1. The van der Waals surface area contributed by atoms with E-state index >= 15 is 0 Å². The van der Waals surface area contributed by atoms with Gasteiger partial charge in [-0.15, -0.1) is 0 Å². The molecular formula is C11H15NO5S. The lowest BCUT2D eigenvalue weighted by Crippen LogP contribution is -2.29. The molecule has 0 saturated heterocycles. The van der Waals surface area contributed by atoms with E-state index in [1.54, 1.807) is 6.92 Å². The van der Waals surface area contributed by atoms with Gasteiger partial charge in [0.2, 0.25) is 10.0 Å². The molecule has 0 saturated carbocycles. The van der Waals surface area contributed by atoms with Crippen LogP contribution in [-0.4, -0.2) is 39.4 Å². The number of anilines is 1. The second-order valence-corrected chi connectivity index (χ2v) is 5.53. The number of benzene rings is 1. The fraction of sp³-hybridized carbons (Fsp3) is 0.364. The first-order chi connectivity index (χ1) is 8.31. The van der Waals surface area contributed by atoms with Crippen LogP contribution in [0, 0.1) is 0 Å². The molecule has 0 spiro atoms. The van der Waals surface area contributed by atoms with E-state index in [-0.39, 0.29) is 17.9 Å². The van der Waals surface area contributed by atoms with Gasteiger partial charge in [0, 0.05) is 6.54 Å². The molecule has 0 atom stereocenters. The number of aromatic carboxylic acids is 1. The average molecular weight is 273 g/mol. The SMILES string of the molecule is CCN(c1ccc(C(=O)O)cc1OC)S(C)(=O)=O. The topological polar surface area (TPSA) is 83.9 Å². The Labute approximate surface area is 106 Å². The largest absolute Gasteiger partial charge is 0.495 e. The van der Waals surface area contributed by atoms with E-state index in [4.69, 9.17) is 9.84 Å². The van der Waals surface area contributed by atoms with Crippen LogP contribution in [0.4, 0.5) is 5.69 Å². The molecule has 1 N–H and O–H groups in total. The van der Waals surface area contributed by atoms with Gasteiger partial charge in [0.15, 0.2) is 0 Å². The lowest BCUT2D eigenvalue weighted by atomic mass is 10.2. The summed E-state index contributed by atoms with van der Waals surface area (Å²) >= 11 is 0. The van der Waals surface area contributed by atoms with Crippen LogP contribution in [-0.2, 0) is 10.0 Å². The molecule has 1 rings (SSSR count). The summed E-state index contributed by atoms with van der Waals surface area (Å²) in [7, 11) is -2.07.